The first-order valence-electron chi connectivity index (χ1n) is 7.22. The Labute approximate surface area is 125 Å². The lowest BCUT2D eigenvalue weighted by atomic mass is 10.1. The second-order valence-corrected chi connectivity index (χ2v) is 5.36. The van der Waals surface area contributed by atoms with E-state index in [0.717, 1.165) is 23.2 Å². The molecule has 0 heterocycles. The number of carbonyl (C=O) groups excluding carboxylic acids is 1. The first kappa shape index (κ1) is 17.2. The van der Waals surface area contributed by atoms with E-state index in [4.69, 9.17) is 5.11 Å². The summed E-state index contributed by atoms with van der Waals surface area (Å²) >= 11 is 0. The minimum absolute atomic E-state index is 0.236. The highest BCUT2D eigenvalue weighted by Gasteiger charge is 2.22. The van der Waals surface area contributed by atoms with Crippen LogP contribution >= 0.6 is 0 Å². The summed E-state index contributed by atoms with van der Waals surface area (Å²) in [6.45, 7) is 7.57. The van der Waals surface area contributed by atoms with Crippen molar-refractivity contribution in [1.82, 2.24) is 5.32 Å². The minimum atomic E-state index is -0.928. The molecule has 0 bridgehead atoms. The molecule has 0 saturated heterocycles. The van der Waals surface area contributed by atoms with Crippen LogP contribution in [0.3, 0.4) is 0 Å². The summed E-state index contributed by atoms with van der Waals surface area (Å²) in [5, 5.41) is 14.8. The molecule has 1 aromatic carbocycles. The number of aliphatic carboxylic acids is 1. The number of amides is 1. The maximum atomic E-state index is 12.1. The lowest BCUT2D eigenvalue weighted by Crippen LogP contribution is -2.47. The average molecular weight is 292 g/mol. The highest BCUT2D eigenvalue weighted by molar-refractivity contribution is 5.95. The quantitative estimate of drug-likeness (QED) is 0.721. The van der Waals surface area contributed by atoms with Gasteiger partial charge in [0.1, 0.15) is 6.04 Å². The molecule has 0 aromatic heterocycles. The first-order valence-corrected chi connectivity index (χ1v) is 7.22. The molecule has 116 valence electrons. The summed E-state index contributed by atoms with van der Waals surface area (Å²) in [4.78, 5) is 23.2. The normalized spacial score (nSPS) is 13.5. The Hall–Kier alpha value is -1.88. The highest BCUT2D eigenvalue weighted by atomic mass is 16.4. The molecule has 1 amide bonds. The van der Waals surface area contributed by atoms with E-state index in [2.05, 4.69) is 10.6 Å². The Kier molecular flexibility index (Phi) is 6.37. The van der Waals surface area contributed by atoms with Gasteiger partial charge in [0.2, 0.25) is 5.91 Å². The lowest BCUT2D eigenvalue weighted by Gasteiger charge is -2.19. The maximum absolute atomic E-state index is 12.1. The molecule has 1 aromatic rings. The predicted molar refractivity (Wildman–Crippen MR) is 83.5 cm³/mol. The molecule has 0 radical (unpaired) electrons. The summed E-state index contributed by atoms with van der Waals surface area (Å²) in [6.07, 6.45) is 1.24. The number of carboxylic acids is 1. The Morgan fingerprint density at radius 1 is 1.24 bits per heavy atom. The molecule has 3 N–H and O–H groups in total. The number of nitrogens with one attached hydrogen (secondary N) is 2. The SMILES string of the molecule is CCCC(NC(C)C(=O)Nc1ccc(C)c(C)c1)C(=O)O. The summed E-state index contributed by atoms with van der Waals surface area (Å²) in [5.74, 6) is -1.16. The molecule has 0 aliphatic heterocycles. The van der Waals surface area contributed by atoms with Crippen LogP contribution in [0.5, 0.6) is 0 Å². The fourth-order valence-corrected chi connectivity index (χ4v) is 2.01. The zero-order chi connectivity index (χ0) is 16.0. The number of carbonyl (C=O) groups is 2. The van der Waals surface area contributed by atoms with Crippen molar-refractivity contribution in [3.8, 4) is 0 Å². The number of anilines is 1. The topological polar surface area (TPSA) is 78.4 Å². The zero-order valence-electron chi connectivity index (χ0n) is 13.1. The Bertz CT molecular complexity index is 514. The summed E-state index contributed by atoms with van der Waals surface area (Å²) in [7, 11) is 0. The summed E-state index contributed by atoms with van der Waals surface area (Å²) < 4.78 is 0. The monoisotopic (exact) mass is 292 g/mol. The molecule has 1 rings (SSSR count). The van der Waals surface area contributed by atoms with Gasteiger partial charge in [-0.05, 0) is 50.5 Å². The van der Waals surface area contributed by atoms with Crippen molar-refractivity contribution in [1.29, 1.82) is 0 Å². The fourth-order valence-electron chi connectivity index (χ4n) is 2.01. The van der Waals surface area contributed by atoms with Gasteiger partial charge in [0.15, 0.2) is 0 Å². The van der Waals surface area contributed by atoms with Crippen molar-refractivity contribution in [3.05, 3.63) is 29.3 Å². The fraction of sp³-hybridized carbons (Fsp3) is 0.500. The summed E-state index contributed by atoms with van der Waals surface area (Å²) in [6, 6.07) is 4.42. The van der Waals surface area contributed by atoms with E-state index in [1.807, 2.05) is 39.0 Å². The zero-order valence-corrected chi connectivity index (χ0v) is 13.1. The largest absolute Gasteiger partial charge is 0.480 e. The van der Waals surface area contributed by atoms with Crippen LogP contribution in [0, 0.1) is 13.8 Å². The van der Waals surface area contributed by atoms with Crippen LogP contribution in [0.15, 0.2) is 18.2 Å². The number of aryl methyl sites for hydroxylation is 2. The standard InChI is InChI=1S/C16H24N2O3/c1-5-6-14(16(20)21)17-12(4)15(19)18-13-8-7-10(2)11(3)9-13/h7-9,12,14,17H,5-6H2,1-4H3,(H,18,19)(H,20,21). The van der Waals surface area contributed by atoms with Crippen molar-refractivity contribution < 1.29 is 14.7 Å². The van der Waals surface area contributed by atoms with Crippen LogP contribution in [0.4, 0.5) is 5.69 Å². The van der Waals surface area contributed by atoms with Gasteiger partial charge in [-0.3, -0.25) is 14.9 Å². The van der Waals surface area contributed by atoms with Crippen LogP contribution in [-0.2, 0) is 9.59 Å². The minimum Gasteiger partial charge on any atom is -0.480 e. The van der Waals surface area contributed by atoms with Crippen LogP contribution in [-0.4, -0.2) is 29.1 Å². The molecule has 0 aliphatic rings. The molecule has 5 nitrogen and oxygen atoms in total. The second kappa shape index (κ2) is 7.78. The Morgan fingerprint density at radius 2 is 1.90 bits per heavy atom. The molecule has 2 unspecified atom stereocenters. The van der Waals surface area contributed by atoms with E-state index in [0.29, 0.717) is 6.42 Å². The van der Waals surface area contributed by atoms with Crippen molar-refractivity contribution in [2.24, 2.45) is 0 Å². The van der Waals surface area contributed by atoms with E-state index < -0.39 is 18.1 Å². The third-order valence-electron chi connectivity index (χ3n) is 3.49. The van der Waals surface area contributed by atoms with Gasteiger partial charge in [-0.2, -0.15) is 0 Å². The molecular weight excluding hydrogens is 268 g/mol. The molecule has 0 aliphatic carbocycles. The van der Waals surface area contributed by atoms with Crippen molar-refractivity contribution >= 4 is 17.6 Å². The van der Waals surface area contributed by atoms with Crippen LogP contribution < -0.4 is 10.6 Å². The average Bonchev–Trinajstić information content (AvgIpc) is 2.42. The van der Waals surface area contributed by atoms with Gasteiger partial charge in [-0.1, -0.05) is 19.4 Å². The van der Waals surface area contributed by atoms with Crippen molar-refractivity contribution in [2.45, 2.75) is 52.6 Å². The van der Waals surface area contributed by atoms with Gasteiger partial charge in [0.25, 0.3) is 0 Å². The second-order valence-electron chi connectivity index (χ2n) is 5.36. The molecule has 2 atom stereocenters. The van der Waals surface area contributed by atoms with Gasteiger partial charge in [-0.25, -0.2) is 0 Å². The third kappa shape index (κ3) is 5.19. The molecular formula is C16H24N2O3. The number of hydrogen-bond acceptors (Lipinski definition) is 3. The van der Waals surface area contributed by atoms with Crippen LogP contribution in [0.25, 0.3) is 0 Å². The molecule has 21 heavy (non-hydrogen) atoms. The summed E-state index contributed by atoms with van der Waals surface area (Å²) in [5.41, 5.74) is 2.98. The predicted octanol–water partition coefficient (Wildman–Crippen LogP) is 2.47. The number of carboxylic acid groups (broad SMARTS) is 1. The van der Waals surface area contributed by atoms with Crippen molar-refractivity contribution in [2.75, 3.05) is 5.32 Å². The van der Waals surface area contributed by atoms with E-state index in [9.17, 15) is 9.59 Å². The lowest BCUT2D eigenvalue weighted by molar-refractivity contribution is -0.140. The van der Waals surface area contributed by atoms with Crippen LogP contribution in [0.1, 0.15) is 37.8 Å². The number of benzene rings is 1. The smallest absolute Gasteiger partial charge is 0.320 e. The van der Waals surface area contributed by atoms with Gasteiger partial charge in [0.05, 0.1) is 6.04 Å². The maximum Gasteiger partial charge on any atom is 0.320 e. The van der Waals surface area contributed by atoms with Gasteiger partial charge < -0.3 is 10.4 Å². The molecule has 0 fully saturated rings. The van der Waals surface area contributed by atoms with Crippen molar-refractivity contribution in [3.63, 3.8) is 0 Å². The first-order chi connectivity index (χ1) is 9.85. The van der Waals surface area contributed by atoms with E-state index in [1.165, 1.54) is 0 Å². The molecule has 0 spiro atoms. The Morgan fingerprint density at radius 3 is 2.43 bits per heavy atom. The number of rotatable bonds is 7. The number of hydrogen-bond donors (Lipinski definition) is 3. The molecule has 0 saturated carbocycles. The van der Waals surface area contributed by atoms with Crippen LogP contribution in [0.2, 0.25) is 0 Å². The highest BCUT2D eigenvalue weighted by Crippen LogP contribution is 2.14. The Balaban J connectivity index is 2.65. The molecule has 5 heteroatoms. The van der Waals surface area contributed by atoms with Gasteiger partial charge >= 0.3 is 5.97 Å². The van der Waals surface area contributed by atoms with Gasteiger partial charge in [0, 0.05) is 5.69 Å². The third-order valence-corrected chi connectivity index (χ3v) is 3.49. The van der Waals surface area contributed by atoms with E-state index in [-0.39, 0.29) is 5.91 Å². The van der Waals surface area contributed by atoms with Gasteiger partial charge in [-0.15, -0.1) is 0 Å². The van der Waals surface area contributed by atoms with E-state index in [1.54, 1.807) is 6.92 Å². The van der Waals surface area contributed by atoms with E-state index >= 15 is 0 Å².